The van der Waals surface area contributed by atoms with Crippen LogP contribution in [0.15, 0.2) is 48.2 Å². The van der Waals surface area contributed by atoms with Crippen LogP contribution < -0.4 is 9.47 Å². The van der Waals surface area contributed by atoms with E-state index in [1.165, 1.54) is 12.7 Å². The molecule has 5 heteroatoms. The van der Waals surface area contributed by atoms with Crippen LogP contribution in [0, 0.1) is 0 Å². The monoisotopic (exact) mass is 366 g/mol. The van der Waals surface area contributed by atoms with Gasteiger partial charge < -0.3 is 14.2 Å². The molecule has 0 spiro atoms. The highest BCUT2D eigenvalue weighted by Gasteiger charge is 2.28. The summed E-state index contributed by atoms with van der Waals surface area (Å²) in [5, 5.41) is 0. The van der Waals surface area contributed by atoms with Crippen molar-refractivity contribution in [3.8, 4) is 11.5 Å². The van der Waals surface area contributed by atoms with Crippen molar-refractivity contribution in [3.05, 3.63) is 64.9 Å². The Balaban J connectivity index is 1.79. The molecule has 0 unspecified atom stereocenters. The highest BCUT2D eigenvalue weighted by molar-refractivity contribution is 6.14. The first-order valence-electron chi connectivity index (χ1n) is 8.81. The normalized spacial score (nSPS) is 15.4. The summed E-state index contributed by atoms with van der Waals surface area (Å²) < 4.78 is 15.9. The number of hydrogen-bond donors (Lipinski definition) is 0. The first-order chi connectivity index (χ1) is 12.9. The summed E-state index contributed by atoms with van der Waals surface area (Å²) in [6, 6.07) is 12.9. The summed E-state index contributed by atoms with van der Waals surface area (Å²) in [5.41, 5.74) is 2.60. The van der Waals surface area contributed by atoms with Crippen LogP contribution in [-0.4, -0.2) is 25.0 Å². The lowest BCUT2D eigenvalue weighted by atomic mass is 10.0. The second-order valence-electron chi connectivity index (χ2n) is 6.70. The Kier molecular flexibility index (Phi) is 5.31. The van der Waals surface area contributed by atoms with Gasteiger partial charge in [0.1, 0.15) is 11.5 Å². The lowest BCUT2D eigenvalue weighted by Gasteiger charge is -2.12. The Morgan fingerprint density at radius 3 is 2.41 bits per heavy atom. The van der Waals surface area contributed by atoms with Crippen LogP contribution in [0.1, 0.15) is 48.2 Å². The summed E-state index contributed by atoms with van der Waals surface area (Å²) in [7, 11) is 1.30. The van der Waals surface area contributed by atoms with E-state index in [4.69, 9.17) is 9.47 Å². The van der Waals surface area contributed by atoms with Crippen molar-refractivity contribution in [1.82, 2.24) is 0 Å². The zero-order valence-corrected chi connectivity index (χ0v) is 15.8. The van der Waals surface area contributed by atoms with E-state index in [-0.39, 0.29) is 11.5 Å². The molecule has 0 saturated carbocycles. The van der Waals surface area contributed by atoms with Gasteiger partial charge in [-0.3, -0.25) is 4.79 Å². The van der Waals surface area contributed by atoms with Gasteiger partial charge in [0.2, 0.25) is 5.78 Å². The van der Waals surface area contributed by atoms with Crippen molar-refractivity contribution in [2.24, 2.45) is 0 Å². The number of carbonyl (C=O) groups excluding carboxylic acids is 2. The number of fused-ring (bicyclic) bond motifs is 1. The Hall–Kier alpha value is -3.08. The summed E-state index contributed by atoms with van der Waals surface area (Å²) in [5.74, 6) is 0.914. The number of ketones is 1. The molecule has 0 fully saturated rings. The average molecular weight is 366 g/mol. The van der Waals surface area contributed by atoms with E-state index in [1.54, 1.807) is 31.2 Å². The van der Waals surface area contributed by atoms with Crippen LogP contribution in [0.5, 0.6) is 11.5 Å². The largest absolute Gasteiger partial charge is 0.479 e. The molecule has 0 aliphatic carbocycles. The van der Waals surface area contributed by atoms with Gasteiger partial charge in [0, 0.05) is 6.07 Å². The molecule has 1 atom stereocenters. The zero-order chi connectivity index (χ0) is 19.6. The Labute approximate surface area is 158 Å². The molecule has 1 aliphatic rings. The molecule has 27 heavy (non-hydrogen) atoms. The number of carbonyl (C=O) groups is 2. The number of rotatable bonds is 5. The van der Waals surface area contributed by atoms with Gasteiger partial charge in [0.15, 0.2) is 11.9 Å². The van der Waals surface area contributed by atoms with Gasteiger partial charge >= 0.3 is 5.97 Å². The molecule has 3 rings (SSSR count). The quantitative estimate of drug-likeness (QED) is 0.581. The van der Waals surface area contributed by atoms with E-state index in [2.05, 4.69) is 18.6 Å². The van der Waals surface area contributed by atoms with E-state index in [0.717, 1.165) is 5.56 Å². The number of hydrogen-bond acceptors (Lipinski definition) is 5. The molecule has 0 bridgehead atoms. The van der Waals surface area contributed by atoms with Gasteiger partial charge in [0.05, 0.1) is 12.7 Å². The summed E-state index contributed by atoms with van der Waals surface area (Å²) >= 11 is 0. The molecular formula is C22H22O5. The number of ether oxygens (including phenoxy) is 3. The first-order valence-corrected chi connectivity index (χ1v) is 8.81. The summed E-state index contributed by atoms with van der Waals surface area (Å²) in [6.45, 7) is 5.86. The van der Waals surface area contributed by atoms with Crippen molar-refractivity contribution in [3.63, 3.8) is 0 Å². The molecule has 140 valence electrons. The fraction of sp³-hybridized carbons (Fsp3) is 0.273. The second kappa shape index (κ2) is 7.66. The van der Waals surface area contributed by atoms with Gasteiger partial charge in [-0.1, -0.05) is 38.1 Å². The van der Waals surface area contributed by atoms with Crippen molar-refractivity contribution in [1.29, 1.82) is 0 Å². The number of allylic oxidation sites excluding steroid dienone is 1. The number of Topliss-reactive ketones (excluding diaryl/α,β-unsaturated/α-hetero) is 1. The maximum atomic E-state index is 12.6. The van der Waals surface area contributed by atoms with Gasteiger partial charge in [0.25, 0.3) is 0 Å². The van der Waals surface area contributed by atoms with Gasteiger partial charge in [-0.15, -0.1) is 0 Å². The highest BCUT2D eigenvalue weighted by atomic mass is 16.6. The minimum atomic E-state index is -0.750. The number of benzene rings is 2. The third-order valence-electron chi connectivity index (χ3n) is 4.39. The maximum Gasteiger partial charge on any atom is 0.346 e. The lowest BCUT2D eigenvalue weighted by molar-refractivity contribution is -0.147. The van der Waals surface area contributed by atoms with E-state index >= 15 is 0 Å². The predicted molar refractivity (Wildman–Crippen MR) is 102 cm³/mol. The fourth-order valence-electron chi connectivity index (χ4n) is 2.79. The highest BCUT2D eigenvalue weighted by Crippen LogP contribution is 2.35. The second-order valence-corrected chi connectivity index (χ2v) is 6.70. The lowest BCUT2D eigenvalue weighted by Crippen LogP contribution is -2.24. The minimum absolute atomic E-state index is 0.175. The first kappa shape index (κ1) is 18.7. The molecule has 5 nitrogen and oxygen atoms in total. The minimum Gasteiger partial charge on any atom is -0.479 e. The Morgan fingerprint density at radius 2 is 1.78 bits per heavy atom. The zero-order valence-electron chi connectivity index (χ0n) is 15.8. The molecule has 0 saturated heterocycles. The van der Waals surface area contributed by atoms with Crippen LogP contribution in [-0.2, 0) is 9.53 Å². The third-order valence-corrected chi connectivity index (χ3v) is 4.39. The van der Waals surface area contributed by atoms with E-state index in [0.29, 0.717) is 23.0 Å². The predicted octanol–water partition coefficient (Wildman–Crippen LogP) is 4.37. The van der Waals surface area contributed by atoms with Crippen LogP contribution in [0.4, 0.5) is 0 Å². The number of esters is 1. The summed E-state index contributed by atoms with van der Waals surface area (Å²) in [6.07, 6.45) is 0.976. The molecule has 1 aliphatic heterocycles. The smallest absolute Gasteiger partial charge is 0.346 e. The van der Waals surface area contributed by atoms with Crippen molar-refractivity contribution in [2.75, 3.05) is 7.11 Å². The van der Waals surface area contributed by atoms with E-state index < -0.39 is 12.1 Å². The van der Waals surface area contributed by atoms with Crippen LogP contribution in [0.2, 0.25) is 0 Å². The molecule has 0 N–H and O–H groups in total. The maximum absolute atomic E-state index is 12.6. The summed E-state index contributed by atoms with van der Waals surface area (Å²) in [4.78, 5) is 24.0. The fourth-order valence-corrected chi connectivity index (χ4v) is 2.79. The van der Waals surface area contributed by atoms with Crippen molar-refractivity contribution in [2.45, 2.75) is 32.8 Å². The van der Waals surface area contributed by atoms with Gasteiger partial charge in [-0.25, -0.2) is 4.79 Å². The van der Waals surface area contributed by atoms with Gasteiger partial charge in [-0.05, 0) is 42.2 Å². The molecule has 0 amide bonds. The third kappa shape index (κ3) is 4.03. The molecule has 2 aromatic rings. The van der Waals surface area contributed by atoms with E-state index in [1.807, 2.05) is 24.3 Å². The Bertz CT molecular complexity index is 893. The molecular weight excluding hydrogens is 344 g/mol. The standard InChI is InChI=1S/C22H22O5/c1-13(2)16-7-5-15(6-8-16)11-20-21(23)18-10-9-17(12-19(18)27-20)26-14(3)22(24)25-4/h5-14H,1-4H3/b20-11+/t14-/m1/s1. The molecule has 0 aromatic heterocycles. The molecule has 0 radical (unpaired) electrons. The molecule has 2 aromatic carbocycles. The molecule has 1 heterocycles. The van der Waals surface area contributed by atoms with Crippen molar-refractivity contribution < 1.29 is 23.8 Å². The average Bonchev–Trinajstić information content (AvgIpc) is 2.96. The van der Waals surface area contributed by atoms with Crippen LogP contribution in [0.25, 0.3) is 6.08 Å². The van der Waals surface area contributed by atoms with Crippen LogP contribution in [0.3, 0.4) is 0 Å². The van der Waals surface area contributed by atoms with Crippen molar-refractivity contribution >= 4 is 17.8 Å². The SMILES string of the molecule is COC(=O)[C@@H](C)Oc1ccc2c(c1)O/C(=C/c1ccc(C(C)C)cc1)C2=O. The van der Waals surface area contributed by atoms with Crippen LogP contribution >= 0.6 is 0 Å². The van der Waals surface area contributed by atoms with E-state index in [9.17, 15) is 9.59 Å². The topological polar surface area (TPSA) is 61.8 Å². The number of methoxy groups -OCH3 is 1. The Morgan fingerprint density at radius 1 is 1.07 bits per heavy atom. The van der Waals surface area contributed by atoms with Gasteiger partial charge in [-0.2, -0.15) is 0 Å².